The molecule has 124 valence electrons. The van der Waals surface area contributed by atoms with Gasteiger partial charge in [0.15, 0.2) is 6.10 Å². The third-order valence-corrected chi connectivity index (χ3v) is 2.66. The average Bonchev–Trinajstić information content (AvgIpc) is 2.88. The number of hydroxylamine groups is 2. The maximum Gasteiger partial charge on any atom is 0.419 e. The fourth-order valence-corrected chi connectivity index (χ4v) is 1.54. The molecule has 0 radical (unpaired) electrons. The fraction of sp³-hybridized carbons (Fsp3) is 0.909. The van der Waals surface area contributed by atoms with Crippen molar-refractivity contribution in [3.63, 3.8) is 0 Å². The van der Waals surface area contributed by atoms with Crippen LogP contribution < -0.4 is 0 Å². The number of rotatable bonds is 3. The van der Waals surface area contributed by atoms with E-state index in [1.807, 2.05) is 0 Å². The molecule has 0 aromatic carbocycles. The van der Waals surface area contributed by atoms with Gasteiger partial charge in [0.1, 0.15) is 5.60 Å². The lowest BCUT2D eigenvalue weighted by atomic mass is 10.1. The van der Waals surface area contributed by atoms with Crippen molar-refractivity contribution in [2.75, 3.05) is 6.54 Å². The molecule has 0 amide bonds. The first-order valence-electron chi connectivity index (χ1n) is 5.92. The molecular weight excluding hydrogens is 308 g/mol. The monoisotopic (exact) mass is 323 g/mol. The number of carbonyl (C=O) groups excluding carboxylic acids is 1. The van der Waals surface area contributed by atoms with Crippen LogP contribution in [0.25, 0.3) is 0 Å². The Morgan fingerprint density at radius 2 is 1.52 bits per heavy atom. The zero-order chi connectivity index (χ0) is 16.9. The average molecular weight is 323 g/mol. The molecule has 10 heteroatoms. The predicted molar refractivity (Wildman–Crippen MR) is 57.9 cm³/mol. The minimum Gasteiger partial charge on any atom is -0.458 e. The van der Waals surface area contributed by atoms with E-state index in [0.29, 0.717) is 0 Å². The van der Waals surface area contributed by atoms with Crippen molar-refractivity contribution in [2.24, 2.45) is 0 Å². The topological polar surface area (TPSA) is 38.5 Å². The summed E-state index contributed by atoms with van der Waals surface area (Å²) in [5, 5.41) is -0.290. The third kappa shape index (κ3) is 3.60. The van der Waals surface area contributed by atoms with Crippen LogP contribution in [0, 0.1) is 0 Å². The molecule has 0 bridgehead atoms. The molecule has 1 heterocycles. The van der Waals surface area contributed by atoms with Crippen LogP contribution in [0.4, 0.5) is 26.3 Å². The van der Waals surface area contributed by atoms with E-state index in [0.717, 1.165) is 6.92 Å². The quantitative estimate of drug-likeness (QED) is 0.455. The fourth-order valence-electron chi connectivity index (χ4n) is 1.54. The van der Waals surface area contributed by atoms with Crippen molar-refractivity contribution in [2.45, 2.75) is 57.3 Å². The van der Waals surface area contributed by atoms with Gasteiger partial charge in [-0.05, 0) is 27.7 Å². The van der Waals surface area contributed by atoms with Gasteiger partial charge in [-0.2, -0.15) is 31.4 Å². The van der Waals surface area contributed by atoms with Gasteiger partial charge in [0.25, 0.3) is 5.54 Å². The minimum absolute atomic E-state index is 0.290. The van der Waals surface area contributed by atoms with Crippen LogP contribution in [0.2, 0.25) is 0 Å². The molecule has 0 aromatic rings. The van der Waals surface area contributed by atoms with Crippen molar-refractivity contribution in [3.05, 3.63) is 0 Å². The molecule has 1 aliphatic rings. The first kappa shape index (κ1) is 18.0. The highest BCUT2D eigenvalue weighted by molar-refractivity contribution is 5.74. The molecule has 0 saturated carbocycles. The lowest BCUT2D eigenvalue weighted by Crippen LogP contribution is -2.50. The SMILES string of the molecule is CC(ON1CC1(C(F)(F)F)C(F)(F)F)C(=O)OC(C)(C)C. The van der Waals surface area contributed by atoms with Gasteiger partial charge in [0.05, 0.1) is 6.54 Å². The molecule has 2 atom stereocenters. The van der Waals surface area contributed by atoms with Crippen LogP contribution in [-0.4, -0.2) is 47.2 Å². The van der Waals surface area contributed by atoms with E-state index < -0.39 is 42.1 Å². The lowest BCUT2D eigenvalue weighted by molar-refractivity contribution is -0.311. The van der Waals surface area contributed by atoms with Crippen LogP contribution in [0.15, 0.2) is 0 Å². The molecular formula is C11H15F6NO3. The summed E-state index contributed by atoms with van der Waals surface area (Å²) < 4.78 is 80.5. The first-order chi connectivity index (χ1) is 9.12. The van der Waals surface area contributed by atoms with Crippen LogP contribution in [-0.2, 0) is 14.4 Å². The van der Waals surface area contributed by atoms with Gasteiger partial charge in [-0.1, -0.05) is 0 Å². The van der Waals surface area contributed by atoms with Crippen molar-refractivity contribution < 1.29 is 40.7 Å². The maximum atomic E-state index is 12.6. The number of ether oxygens (including phenoxy) is 1. The van der Waals surface area contributed by atoms with Gasteiger partial charge in [0, 0.05) is 0 Å². The molecule has 0 aromatic heterocycles. The van der Waals surface area contributed by atoms with Gasteiger partial charge in [-0.3, -0.25) is 4.84 Å². The highest BCUT2D eigenvalue weighted by atomic mass is 19.4. The van der Waals surface area contributed by atoms with Gasteiger partial charge in [-0.25, -0.2) is 4.79 Å². The van der Waals surface area contributed by atoms with Crippen LogP contribution in [0.1, 0.15) is 27.7 Å². The summed E-state index contributed by atoms with van der Waals surface area (Å²) in [5.41, 5.74) is -4.99. The zero-order valence-electron chi connectivity index (χ0n) is 11.7. The maximum absolute atomic E-state index is 12.6. The van der Waals surface area contributed by atoms with Crippen LogP contribution in [0.3, 0.4) is 0 Å². The van der Waals surface area contributed by atoms with Gasteiger partial charge in [0.2, 0.25) is 0 Å². The molecule has 0 aliphatic carbocycles. The Labute approximate surface area is 116 Å². The Kier molecular flexibility index (Phi) is 4.30. The highest BCUT2D eigenvalue weighted by Gasteiger charge is 2.85. The number of halogens is 6. The normalized spacial score (nSPS) is 23.6. The number of hydrogen-bond donors (Lipinski definition) is 0. The summed E-state index contributed by atoms with van der Waals surface area (Å²) >= 11 is 0. The molecule has 2 unspecified atom stereocenters. The van der Waals surface area contributed by atoms with E-state index in [2.05, 4.69) is 4.84 Å². The summed E-state index contributed by atoms with van der Waals surface area (Å²) in [6.45, 7) is 4.12. The Hall–Kier alpha value is -1.03. The van der Waals surface area contributed by atoms with E-state index in [9.17, 15) is 31.1 Å². The Bertz CT molecular complexity index is 398. The highest BCUT2D eigenvalue weighted by Crippen LogP contribution is 2.56. The van der Waals surface area contributed by atoms with Crippen LogP contribution in [0.5, 0.6) is 0 Å². The lowest BCUT2D eigenvalue weighted by Gasteiger charge is -2.25. The summed E-state index contributed by atoms with van der Waals surface area (Å²) in [6, 6.07) is 0. The predicted octanol–water partition coefficient (Wildman–Crippen LogP) is 2.83. The Morgan fingerprint density at radius 3 is 1.81 bits per heavy atom. The van der Waals surface area contributed by atoms with Crippen molar-refractivity contribution in [1.29, 1.82) is 0 Å². The second-order valence-corrected chi connectivity index (χ2v) is 5.67. The number of nitrogens with zero attached hydrogens (tertiary/aromatic N) is 1. The molecule has 1 fully saturated rings. The second-order valence-electron chi connectivity index (χ2n) is 5.67. The minimum atomic E-state index is -5.56. The van der Waals surface area contributed by atoms with E-state index in [-0.39, 0.29) is 5.06 Å². The van der Waals surface area contributed by atoms with Crippen molar-refractivity contribution in [3.8, 4) is 0 Å². The molecule has 0 spiro atoms. The van der Waals surface area contributed by atoms with Gasteiger partial charge < -0.3 is 4.74 Å². The number of carbonyl (C=O) groups is 1. The molecule has 21 heavy (non-hydrogen) atoms. The molecule has 1 rings (SSSR count). The Morgan fingerprint density at radius 1 is 1.10 bits per heavy atom. The number of hydrogen-bond acceptors (Lipinski definition) is 4. The number of alkyl halides is 6. The zero-order valence-corrected chi connectivity index (χ0v) is 11.7. The van der Waals surface area contributed by atoms with E-state index in [1.165, 1.54) is 20.8 Å². The van der Waals surface area contributed by atoms with Crippen LogP contribution >= 0.6 is 0 Å². The van der Waals surface area contributed by atoms with Gasteiger partial charge in [-0.15, -0.1) is 0 Å². The summed E-state index contributed by atoms with van der Waals surface area (Å²) in [5.74, 6) is -1.05. The van der Waals surface area contributed by atoms with Crippen molar-refractivity contribution >= 4 is 5.97 Å². The van der Waals surface area contributed by atoms with Crippen molar-refractivity contribution in [1.82, 2.24) is 5.06 Å². The second kappa shape index (κ2) is 5.01. The van der Waals surface area contributed by atoms with E-state index in [4.69, 9.17) is 4.74 Å². The molecule has 4 nitrogen and oxygen atoms in total. The first-order valence-corrected chi connectivity index (χ1v) is 5.92. The Balaban J connectivity index is 2.76. The van der Waals surface area contributed by atoms with Gasteiger partial charge >= 0.3 is 18.3 Å². The molecule has 0 N–H and O–H groups in total. The van der Waals surface area contributed by atoms with E-state index >= 15 is 0 Å². The largest absolute Gasteiger partial charge is 0.458 e. The summed E-state index contributed by atoms with van der Waals surface area (Å²) in [6.07, 6.45) is -12.7. The third-order valence-electron chi connectivity index (χ3n) is 2.66. The summed E-state index contributed by atoms with van der Waals surface area (Å²) in [7, 11) is 0. The smallest absolute Gasteiger partial charge is 0.419 e. The summed E-state index contributed by atoms with van der Waals surface area (Å²) in [4.78, 5) is 16.0. The van der Waals surface area contributed by atoms with E-state index in [1.54, 1.807) is 0 Å². The standard InChI is InChI=1S/C11H15F6NO3/c1-6(7(19)20-8(2,3)4)21-18-5-9(18,10(12,13)14)11(15,16)17/h6H,5H2,1-4H3. The molecule has 1 saturated heterocycles. The molecule has 1 aliphatic heterocycles. The number of esters is 1.